The molecule has 2 aromatic heterocycles. The molecule has 5 heteroatoms. The molecule has 0 unspecified atom stereocenters. The fraction of sp³-hybridized carbons (Fsp3) is 0.263. The molecule has 0 saturated carbocycles. The second-order valence-electron chi connectivity index (χ2n) is 6.11. The number of aryl methyl sites for hydroxylation is 2. The molecule has 0 aliphatic heterocycles. The molecule has 5 nitrogen and oxygen atoms in total. The normalized spacial score (nSPS) is 19.9. The molecule has 122 valence electrons. The Balaban J connectivity index is 1.79. The second kappa shape index (κ2) is 5.76. The molecule has 1 aromatic carbocycles. The maximum atomic E-state index is 11.3. The summed E-state index contributed by atoms with van der Waals surface area (Å²) in [5, 5.41) is 10.4. The van der Waals surface area contributed by atoms with E-state index in [1.807, 2.05) is 30.3 Å². The Morgan fingerprint density at radius 3 is 2.96 bits per heavy atom. The van der Waals surface area contributed by atoms with Crippen LogP contribution in [0.5, 0.6) is 5.75 Å². The van der Waals surface area contributed by atoms with E-state index in [0.29, 0.717) is 29.2 Å². The molecule has 0 radical (unpaired) electrons. The predicted octanol–water partition coefficient (Wildman–Crippen LogP) is 2.88. The van der Waals surface area contributed by atoms with E-state index in [0.717, 1.165) is 18.3 Å². The highest BCUT2D eigenvalue weighted by Crippen LogP contribution is 2.35. The van der Waals surface area contributed by atoms with Gasteiger partial charge in [-0.3, -0.25) is 9.20 Å². The molecule has 1 aliphatic rings. The molecule has 2 heterocycles. The molecule has 0 bridgehead atoms. The Hall–Kier alpha value is -2.66. The quantitative estimate of drug-likeness (QED) is 0.753. The minimum absolute atomic E-state index is 0.433. The highest BCUT2D eigenvalue weighted by atomic mass is 16.5. The Morgan fingerprint density at radius 2 is 2.12 bits per heavy atom. The number of aliphatic hydroxyl groups is 1. The van der Waals surface area contributed by atoms with Crippen molar-refractivity contribution in [3.8, 4) is 5.75 Å². The number of rotatable bonds is 3. The van der Waals surface area contributed by atoms with Crippen LogP contribution >= 0.6 is 0 Å². The van der Waals surface area contributed by atoms with Gasteiger partial charge in [-0.05, 0) is 43.0 Å². The lowest BCUT2D eigenvalue weighted by atomic mass is 9.87. The van der Waals surface area contributed by atoms with Crippen molar-refractivity contribution in [1.29, 1.82) is 0 Å². The first-order valence-corrected chi connectivity index (χ1v) is 8.04. The van der Waals surface area contributed by atoms with Crippen molar-refractivity contribution in [3.05, 3.63) is 65.1 Å². The smallest absolute Gasteiger partial charge is 0.180 e. The molecule has 1 N–H and O–H groups in total. The van der Waals surface area contributed by atoms with Crippen LogP contribution in [0.4, 0.5) is 0 Å². The number of ether oxygens (including phenoxy) is 1. The summed E-state index contributed by atoms with van der Waals surface area (Å²) in [6.45, 7) is 1.80. The van der Waals surface area contributed by atoms with Crippen LogP contribution in [0, 0.1) is 6.92 Å². The van der Waals surface area contributed by atoms with Gasteiger partial charge in [0.2, 0.25) is 0 Å². The lowest BCUT2D eigenvalue weighted by Crippen LogP contribution is -2.29. The lowest BCUT2D eigenvalue weighted by Gasteiger charge is -2.30. The summed E-state index contributed by atoms with van der Waals surface area (Å²) in [4.78, 5) is 15.7. The third-order valence-electron chi connectivity index (χ3n) is 4.62. The monoisotopic (exact) mass is 322 g/mol. The van der Waals surface area contributed by atoms with Gasteiger partial charge in [0.25, 0.3) is 0 Å². The summed E-state index contributed by atoms with van der Waals surface area (Å²) in [7, 11) is 0. The van der Waals surface area contributed by atoms with Gasteiger partial charge in [-0.1, -0.05) is 24.3 Å². The highest BCUT2D eigenvalue weighted by molar-refractivity contribution is 5.77. The van der Waals surface area contributed by atoms with E-state index in [2.05, 4.69) is 11.1 Å². The van der Waals surface area contributed by atoms with Gasteiger partial charge in [-0.2, -0.15) is 0 Å². The van der Waals surface area contributed by atoms with Crippen LogP contribution in [-0.4, -0.2) is 26.9 Å². The molecular weight excluding hydrogens is 304 g/mol. The molecule has 2 atom stereocenters. The molecular formula is C19H18N2O3. The molecule has 1 aliphatic carbocycles. The number of benzene rings is 1. The maximum Gasteiger partial charge on any atom is 0.180 e. The van der Waals surface area contributed by atoms with Gasteiger partial charge >= 0.3 is 0 Å². The van der Waals surface area contributed by atoms with Gasteiger partial charge in [0, 0.05) is 6.20 Å². The number of pyridine rings is 1. The first kappa shape index (κ1) is 14.9. The molecule has 0 spiro atoms. The van der Waals surface area contributed by atoms with Crippen molar-refractivity contribution >= 4 is 11.9 Å². The van der Waals surface area contributed by atoms with Crippen LogP contribution in [0.2, 0.25) is 0 Å². The molecule has 4 rings (SSSR count). The SMILES string of the molecule is Cc1nc2c(O[C@H]3c4ccccc4CC[C@@H]3O)cccn2c1C=O. The summed E-state index contributed by atoms with van der Waals surface area (Å²) in [6, 6.07) is 11.7. The van der Waals surface area contributed by atoms with E-state index in [1.54, 1.807) is 17.5 Å². The molecule has 0 saturated heterocycles. The van der Waals surface area contributed by atoms with Crippen LogP contribution < -0.4 is 4.74 Å². The maximum absolute atomic E-state index is 11.3. The summed E-state index contributed by atoms with van der Waals surface area (Å²) in [5.74, 6) is 0.564. The van der Waals surface area contributed by atoms with E-state index in [9.17, 15) is 9.90 Å². The van der Waals surface area contributed by atoms with E-state index in [1.165, 1.54) is 5.56 Å². The van der Waals surface area contributed by atoms with Crippen molar-refractivity contribution in [3.63, 3.8) is 0 Å². The standard InChI is InChI=1S/C19H18N2O3/c1-12-15(11-22)21-10-4-7-17(19(21)20-12)24-18-14-6-3-2-5-13(14)8-9-16(18)23/h2-7,10-11,16,18,23H,8-9H2,1H3/t16-,18-/m0/s1. The van der Waals surface area contributed by atoms with Crippen molar-refractivity contribution in [2.75, 3.05) is 0 Å². The van der Waals surface area contributed by atoms with Gasteiger partial charge in [0.1, 0.15) is 11.8 Å². The first-order chi connectivity index (χ1) is 11.7. The van der Waals surface area contributed by atoms with Gasteiger partial charge in [-0.15, -0.1) is 0 Å². The van der Waals surface area contributed by atoms with E-state index in [4.69, 9.17) is 4.74 Å². The fourth-order valence-corrected chi connectivity index (χ4v) is 3.39. The van der Waals surface area contributed by atoms with Gasteiger partial charge in [0.15, 0.2) is 17.7 Å². The fourth-order valence-electron chi connectivity index (χ4n) is 3.39. The summed E-state index contributed by atoms with van der Waals surface area (Å²) in [5.41, 5.74) is 3.98. The summed E-state index contributed by atoms with van der Waals surface area (Å²) in [6.07, 6.45) is 3.09. The van der Waals surface area contributed by atoms with Gasteiger partial charge in [0.05, 0.1) is 11.8 Å². The Labute approximate surface area is 139 Å². The van der Waals surface area contributed by atoms with Gasteiger partial charge in [-0.25, -0.2) is 4.98 Å². The van der Waals surface area contributed by atoms with Crippen LogP contribution in [0.3, 0.4) is 0 Å². The number of fused-ring (bicyclic) bond motifs is 2. The lowest BCUT2D eigenvalue weighted by molar-refractivity contribution is 0.0233. The minimum atomic E-state index is -0.568. The zero-order valence-corrected chi connectivity index (χ0v) is 13.3. The van der Waals surface area contributed by atoms with Crippen molar-refractivity contribution < 1.29 is 14.6 Å². The van der Waals surface area contributed by atoms with Crippen LogP contribution in [-0.2, 0) is 6.42 Å². The number of carbonyl (C=O) groups excluding carboxylic acids is 1. The minimum Gasteiger partial charge on any atom is -0.479 e. The van der Waals surface area contributed by atoms with Crippen molar-refractivity contribution in [1.82, 2.24) is 9.38 Å². The Kier molecular flexibility index (Phi) is 3.58. The van der Waals surface area contributed by atoms with Crippen LogP contribution in [0.1, 0.15) is 39.8 Å². The number of imidazole rings is 1. The highest BCUT2D eigenvalue weighted by Gasteiger charge is 2.30. The molecule has 0 amide bonds. The zero-order valence-electron chi connectivity index (χ0n) is 13.3. The number of aliphatic hydroxyl groups excluding tert-OH is 1. The number of aromatic nitrogens is 2. The first-order valence-electron chi connectivity index (χ1n) is 8.04. The van der Waals surface area contributed by atoms with Crippen molar-refractivity contribution in [2.24, 2.45) is 0 Å². The average molecular weight is 322 g/mol. The molecule has 24 heavy (non-hydrogen) atoms. The van der Waals surface area contributed by atoms with E-state index in [-0.39, 0.29) is 0 Å². The number of hydrogen-bond donors (Lipinski definition) is 1. The van der Waals surface area contributed by atoms with E-state index < -0.39 is 12.2 Å². The molecule has 0 fully saturated rings. The zero-order chi connectivity index (χ0) is 16.7. The number of aldehydes is 1. The number of nitrogens with zero attached hydrogens (tertiary/aromatic N) is 2. The molecule has 3 aromatic rings. The van der Waals surface area contributed by atoms with Gasteiger partial charge < -0.3 is 9.84 Å². The van der Waals surface area contributed by atoms with E-state index >= 15 is 0 Å². The van der Waals surface area contributed by atoms with Crippen molar-refractivity contribution in [2.45, 2.75) is 32.0 Å². The summed E-state index contributed by atoms with van der Waals surface area (Å²) >= 11 is 0. The predicted molar refractivity (Wildman–Crippen MR) is 89.5 cm³/mol. The summed E-state index contributed by atoms with van der Waals surface area (Å²) < 4.78 is 7.89. The largest absolute Gasteiger partial charge is 0.479 e. The number of hydrogen-bond acceptors (Lipinski definition) is 4. The number of carbonyl (C=O) groups is 1. The third kappa shape index (κ3) is 2.29. The average Bonchev–Trinajstić information content (AvgIpc) is 2.93. The third-order valence-corrected chi connectivity index (χ3v) is 4.62. The van der Waals surface area contributed by atoms with Crippen LogP contribution in [0.25, 0.3) is 5.65 Å². The topological polar surface area (TPSA) is 63.8 Å². The Morgan fingerprint density at radius 1 is 1.29 bits per heavy atom. The Bertz CT molecular complexity index is 916. The second-order valence-corrected chi connectivity index (χ2v) is 6.11. The van der Waals surface area contributed by atoms with Crippen LogP contribution in [0.15, 0.2) is 42.6 Å².